The normalized spacial score (nSPS) is 12.9. The maximum Gasteiger partial charge on any atom is 0.0727 e. The van der Waals surface area contributed by atoms with Gasteiger partial charge in [-0.05, 0) is 142 Å². The molecule has 270 valence electrons. The van der Waals surface area contributed by atoms with Crippen molar-refractivity contribution in [3.63, 3.8) is 0 Å². The first-order valence-corrected chi connectivity index (χ1v) is 19.9. The summed E-state index contributed by atoms with van der Waals surface area (Å²) in [6, 6.07) is 76.4. The third-order valence-corrected chi connectivity index (χ3v) is 12.1. The molecule has 9 aromatic rings. The van der Waals surface area contributed by atoms with Crippen molar-refractivity contribution in [2.45, 2.75) is 19.3 Å². The quantitative estimate of drug-likeness (QED) is 0.168. The topological polar surface area (TPSA) is 6.48 Å². The molecule has 1 spiro atoms. The molecule has 0 saturated heterocycles. The number of fused-ring (bicyclic) bond motifs is 12. The molecule has 9 aromatic carbocycles. The highest BCUT2D eigenvalue weighted by Crippen LogP contribution is 2.65. The molecule has 0 radical (unpaired) electrons. The molecule has 57 heavy (non-hydrogen) atoms. The second-order valence-corrected chi connectivity index (χ2v) is 15.5. The highest BCUT2D eigenvalue weighted by molar-refractivity contribution is 6.12. The van der Waals surface area contributed by atoms with E-state index in [4.69, 9.17) is 0 Å². The molecule has 11 rings (SSSR count). The minimum atomic E-state index is -0.559. The fraction of sp³-hybridized carbons (Fsp3) is 0.0545. The summed E-state index contributed by atoms with van der Waals surface area (Å²) in [5.41, 5.74) is 19.2. The zero-order valence-electron chi connectivity index (χ0n) is 32.0. The van der Waals surface area contributed by atoms with Gasteiger partial charge in [0, 0.05) is 33.8 Å². The van der Waals surface area contributed by atoms with Gasteiger partial charge in [0.05, 0.1) is 11.1 Å². The second-order valence-electron chi connectivity index (χ2n) is 15.5. The van der Waals surface area contributed by atoms with E-state index in [-0.39, 0.29) is 0 Å². The lowest BCUT2D eigenvalue weighted by molar-refractivity contribution is 0.794. The number of hydrogen-bond donors (Lipinski definition) is 0. The van der Waals surface area contributed by atoms with E-state index in [1.807, 2.05) is 0 Å². The fourth-order valence-electron chi connectivity index (χ4n) is 9.85. The van der Waals surface area contributed by atoms with Gasteiger partial charge in [-0.15, -0.1) is 0 Å². The number of anilines is 6. The van der Waals surface area contributed by atoms with Crippen LogP contribution in [0.2, 0.25) is 0 Å². The number of aryl methyl sites for hydroxylation is 2. The Morgan fingerprint density at radius 3 is 1.42 bits per heavy atom. The van der Waals surface area contributed by atoms with E-state index in [0.717, 1.165) is 28.4 Å². The minimum absolute atomic E-state index is 0.559. The van der Waals surface area contributed by atoms with E-state index in [2.05, 4.69) is 230 Å². The molecule has 0 N–H and O–H groups in total. The van der Waals surface area contributed by atoms with Crippen LogP contribution in [0.1, 0.15) is 33.4 Å². The Morgan fingerprint density at radius 1 is 0.316 bits per heavy atom. The van der Waals surface area contributed by atoms with Crippen molar-refractivity contribution >= 4 is 44.9 Å². The van der Waals surface area contributed by atoms with E-state index in [9.17, 15) is 0 Å². The Labute approximate surface area is 334 Å². The molecule has 0 saturated carbocycles. The van der Waals surface area contributed by atoms with Crippen molar-refractivity contribution in [1.29, 1.82) is 0 Å². The molecule has 2 aliphatic rings. The molecule has 0 unspecified atom stereocenters. The van der Waals surface area contributed by atoms with Crippen LogP contribution >= 0.6 is 0 Å². The van der Waals surface area contributed by atoms with Crippen molar-refractivity contribution in [3.8, 4) is 22.3 Å². The summed E-state index contributed by atoms with van der Waals surface area (Å²) in [5.74, 6) is 0. The van der Waals surface area contributed by atoms with Gasteiger partial charge in [0.25, 0.3) is 0 Å². The van der Waals surface area contributed by atoms with Crippen LogP contribution < -0.4 is 9.80 Å². The Kier molecular flexibility index (Phi) is 7.55. The monoisotopic (exact) mass is 728 g/mol. The molecule has 2 aliphatic carbocycles. The lowest BCUT2D eigenvalue weighted by Crippen LogP contribution is -2.26. The van der Waals surface area contributed by atoms with Gasteiger partial charge in [-0.25, -0.2) is 0 Å². The predicted molar refractivity (Wildman–Crippen MR) is 239 cm³/mol. The van der Waals surface area contributed by atoms with Crippen molar-refractivity contribution in [2.24, 2.45) is 0 Å². The molecule has 0 atom stereocenters. The maximum absolute atomic E-state index is 2.53. The molecule has 2 nitrogen and oxygen atoms in total. The fourth-order valence-corrected chi connectivity index (χ4v) is 9.85. The molecule has 0 aromatic heterocycles. The number of benzene rings is 9. The summed E-state index contributed by atoms with van der Waals surface area (Å²) in [7, 11) is 0. The molecule has 2 heteroatoms. The van der Waals surface area contributed by atoms with Gasteiger partial charge in [-0.1, -0.05) is 140 Å². The largest absolute Gasteiger partial charge is 0.310 e. The highest BCUT2D eigenvalue weighted by Gasteiger charge is 2.52. The summed E-state index contributed by atoms with van der Waals surface area (Å²) in [6.07, 6.45) is 0. The smallest absolute Gasteiger partial charge is 0.0727 e. The van der Waals surface area contributed by atoms with Crippen LogP contribution in [0.3, 0.4) is 0 Å². The standard InChI is InChI=1S/C55H40N2/c1-37-17-15-23-41(33-37)56(39-19-5-3-6-20-39)43-31-32-48-51(35-43)55(49-29-13-11-25-44(49)45-26-12-14-30-50(45)55)52-36-53(46-27-9-10-28-47(46)54(48)52)57(40-21-7-4-8-22-40)42-24-16-18-38(2)34-42/h3-36H,1-2H3. The van der Waals surface area contributed by atoms with Crippen molar-refractivity contribution < 1.29 is 0 Å². The second kappa shape index (κ2) is 13.0. The highest BCUT2D eigenvalue weighted by atomic mass is 15.1. The van der Waals surface area contributed by atoms with Crippen molar-refractivity contribution in [2.75, 3.05) is 9.80 Å². The van der Waals surface area contributed by atoms with Gasteiger partial charge in [0.2, 0.25) is 0 Å². The third-order valence-electron chi connectivity index (χ3n) is 12.1. The molecule has 0 amide bonds. The Hall–Kier alpha value is -7.16. The van der Waals surface area contributed by atoms with Crippen LogP contribution in [0, 0.1) is 13.8 Å². The zero-order valence-corrected chi connectivity index (χ0v) is 32.0. The minimum Gasteiger partial charge on any atom is -0.310 e. The molecule has 0 heterocycles. The summed E-state index contributed by atoms with van der Waals surface area (Å²) in [5, 5.41) is 2.48. The number of para-hydroxylation sites is 2. The molecule has 0 fully saturated rings. The summed E-state index contributed by atoms with van der Waals surface area (Å²) >= 11 is 0. The molecule has 0 aliphatic heterocycles. The van der Waals surface area contributed by atoms with Crippen LogP contribution in [-0.2, 0) is 5.41 Å². The molecular weight excluding hydrogens is 689 g/mol. The molecular formula is C55H40N2. The Bertz CT molecular complexity index is 2950. The lowest BCUT2D eigenvalue weighted by Gasteiger charge is -2.34. The number of nitrogens with zero attached hydrogens (tertiary/aromatic N) is 2. The van der Waals surface area contributed by atoms with E-state index < -0.39 is 5.41 Å². The first-order chi connectivity index (χ1) is 28.1. The van der Waals surface area contributed by atoms with E-state index >= 15 is 0 Å². The predicted octanol–water partition coefficient (Wildman–Crippen LogP) is 14.7. The van der Waals surface area contributed by atoms with Crippen LogP contribution in [0.25, 0.3) is 33.0 Å². The number of hydrogen-bond acceptors (Lipinski definition) is 2. The number of rotatable bonds is 6. The SMILES string of the molecule is Cc1cccc(N(c2ccccc2)c2ccc3c(c2)C2(c4ccccc4-c4ccccc42)c2cc(N(c4ccccc4)c4cccc(C)c4)c4ccccc4c2-3)c1. The average Bonchev–Trinajstić information content (AvgIpc) is 3.72. The van der Waals surface area contributed by atoms with Crippen LogP contribution in [0.5, 0.6) is 0 Å². The summed E-state index contributed by atoms with van der Waals surface area (Å²) in [6.45, 7) is 4.35. The Balaban J connectivity index is 1.27. The van der Waals surface area contributed by atoms with Gasteiger partial charge in [0.1, 0.15) is 0 Å². The van der Waals surface area contributed by atoms with Gasteiger partial charge in [0.15, 0.2) is 0 Å². The maximum atomic E-state index is 2.53. The van der Waals surface area contributed by atoms with E-state index in [1.54, 1.807) is 0 Å². The van der Waals surface area contributed by atoms with Crippen molar-refractivity contribution in [1.82, 2.24) is 0 Å². The van der Waals surface area contributed by atoms with Crippen LogP contribution in [-0.4, -0.2) is 0 Å². The van der Waals surface area contributed by atoms with Crippen LogP contribution in [0.15, 0.2) is 206 Å². The average molecular weight is 729 g/mol. The third kappa shape index (κ3) is 4.97. The van der Waals surface area contributed by atoms with E-state index in [0.29, 0.717) is 0 Å². The van der Waals surface area contributed by atoms with Gasteiger partial charge >= 0.3 is 0 Å². The zero-order chi connectivity index (χ0) is 38.1. The van der Waals surface area contributed by atoms with E-state index in [1.165, 1.54) is 72.1 Å². The lowest BCUT2D eigenvalue weighted by atomic mass is 9.70. The first kappa shape index (κ1) is 33.2. The molecule has 0 bridgehead atoms. The van der Waals surface area contributed by atoms with Gasteiger partial charge in [-0.2, -0.15) is 0 Å². The van der Waals surface area contributed by atoms with Gasteiger partial charge < -0.3 is 9.80 Å². The summed E-state index contributed by atoms with van der Waals surface area (Å²) in [4.78, 5) is 4.87. The first-order valence-electron chi connectivity index (χ1n) is 19.9. The van der Waals surface area contributed by atoms with Crippen molar-refractivity contribution in [3.05, 3.63) is 240 Å². The summed E-state index contributed by atoms with van der Waals surface area (Å²) < 4.78 is 0. The Morgan fingerprint density at radius 2 is 0.807 bits per heavy atom. The van der Waals surface area contributed by atoms with Gasteiger partial charge in [-0.3, -0.25) is 0 Å². The van der Waals surface area contributed by atoms with Crippen LogP contribution in [0.4, 0.5) is 34.1 Å².